The molecule has 1 aromatic carbocycles. The number of benzene rings is 1. The maximum absolute atomic E-state index is 11.0. The first-order chi connectivity index (χ1) is 9.60. The van der Waals surface area contributed by atoms with Gasteiger partial charge in [0.15, 0.2) is 11.6 Å². The summed E-state index contributed by atoms with van der Waals surface area (Å²) >= 11 is 0. The van der Waals surface area contributed by atoms with Gasteiger partial charge in [-0.25, -0.2) is 0 Å². The molecule has 1 N–H and O–H groups in total. The predicted molar refractivity (Wildman–Crippen MR) is 73.1 cm³/mol. The summed E-state index contributed by atoms with van der Waals surface area (Å²) in [7, 11) is 0. The van der Waals surface area contributed by atoms with Crippen LogP contribution in [-0.2, 0) is 13.2 Å². The maximum Gasteiger partial charge on any atom is 0.273 e. The maximum atomic E-state index is 11.0. The summed E-state index contributed by atoms with van der Waals surface area (Å²) < 4.78 is 1.80. The molecule has 2 rings (SSSR count). The molecule has 0 aliphatic rings. The molecule has 1 heterocycles. The van der Waals surface area contributed by atoms with E-state index in [1.165, 1.54) is 6.07 Å². The summed E-state index contributed by atoms with van der Waals surface area (Å²) in [6.45, 7) is 4.14. The number of nitrogens with zero attached hydrogens (tertiary/aromatic N) is 4. The van der Waals surface area contributed by atoms with Crippen LogP contribution in [0, 0.1) is 17.0 Å². The lowest BCUT2D eigenvalue weighted by Gasteiger charge is -2.09. The number of hydrogen-bond acceptors (Lipinski definition) is 5. The third kappa shape index (κ3) is 2.39. The van der Waals surface area contributed by atoms with Crippen LogP contribution >= 0.6 is 0 Å². The third-order valence-electron chi connectivity index (χ3n) is 3.16. The minimum Gasteiger partial charge on any atom is -0.388 e. The number of aliphatic hydroxyl groups excluding tert-OH is 1. The Balaban J connectivity index is 2.60. The summed E-state index contributed by atoms with van der Waals surface area (Å²) in [5, 5.41) is 28.3. The van der Waals surface area contributed by atoms with Crippen molar-refractivity contribution in [1.82, 2.24) is 14.8 Å². The summed E-state index contributed by atoms with van der Waals surface area (Å²) in [6, 6.07) is 4.87. The molecule has 0 amide bonds. The van der Waals surface area contributed by atoms with E-state index in [0.717, 1.165) is 6.42 Å². The standard InChI is InChI=1S/C13H16N4O3/c1-3-7-16-12(8-18)14-15-13(16)10-5-4-6-11(9(10)2)17(19)20/h4-6,18H,3,7-8H2,1-2H3. The highest BCUT2D eigenvalue weighted by Crippen LogP contribution is 2.29. The van der Waals surface area contributed by atoms with E-state index in [-0.39, 0.29) is 12.3 Å². The molecule has 0 unspecified atom stereocenters. The van der Waals surface area contributed by atoms with Gasteiger partial charge >= 0.3 is 0 Å². The SMILES string of the molecule is CCCn1c(CO)nnc1-c1cccc([N+](=O)[O-])c1C. The minimum atomic E-state index is -0.410. The first kappa shape index (κ1) is 14.1. The summed E-state index contributed by atoms with van der Waals surface area (Å²) in [5.41, 5.74) is 1.27. The lowest BCUT2D eigenvalue weighted by atomic mass is 10.1. The van der Waals surface area contributed by atoms with Crippen LogP contribution in [0.5, 0.6) is 0 Å². The zero-order chi connectivity index (χ0) is 14.7. The zero-order valence-corrected chi connectivity index (χ0v) is 11.4. The lowest BCUT2D eigenvalue weighted by Crippen LogP contribution is -2.06. The summed E-state index contributed by atoms with van der Waals surface area (Å²) in [5.74, 6) is 1.02. The fourth-order valence-corrected chi connectivity index (χ4v) is 2.17. The van der Waals surface area contributed by atoms with Crippen molar-refractivity contribution >= 4 is 5.69 Å². The highest BCUT2D eigenvalue weighted by atomic mass is 16.6. The summed E-state index contributed by atoms with van der Waals surface area (Å²) in [4.78, 5) is 10.6. The molecule has 106 valence electrons. The van der Waals surface area contributed by atoms with Crippen LogP contribution in [0.2, 0.25) is 0 Å². The number of rotatable bonds is 5. The van der Waals surface area contributed by atoms with Gasteiger partial charge in [0.25, 0.3) is 5.69 Å². The van der Waals surface area contributed by atoms with Gasteiger partial charge < -0.3 is 9.67 Å². The van der Waals surface area contributed by atoms with E-state index in [1.807, 2.05) is 6.92 Å². The van der Waals surface area contributed by atoms with Crippen molar-refractivity contribution < 1.29 is 10.0 Å². The Kier molecular flexibility index (Phi) is 4.09. The fraction of sp³-hybridized carbons (Fsp3) is 0.385. The molecule has 0 spiro atoms. The van der Waals surface area contributed by atoms with Crippen LogP contribution in [-0.4, -0.2) is 24.8 Å². The van der Waals surface area contributed by atoms with Crippen LogP contribution < -0.4 is 0 Å². The smallest absolute Gasteiger partial charge is 0.273 e. The van der Waals surface area contributed by atoms with Crippen molar-refractivity contribution in [3.05, 3.63) is 39.7 Å². The van der Waals surface area contributed by atoms with Gasteiger partial charge in [-0.3, -0.25) is 10.1 Å². The molecule has 7 heteroatoms. The first-order valence-electron chi connectivity index (χ1n) is 6.37. The van der Waals surface area contributed by atoms with E-state index in [0.29, 0.717) is 29.3 Å². The number of aromatic nitrogens is 3. The van der Waals surface area contributed by atoms with E-state index < -0.39 is 4.92 Å². The van der Waals surface area contributed by atoms with Crippen molar-refractivity contribution in [1.29, 1.82) is 0 Å². The molecular formula is C13H16N4O3. The van der Waals surface area contributed by atoms with Crippen molar-refractivity contribution in [3.63, 3.8) is 0 Å². The number of aliphatic hydroxyl groups is 1. The third-order valence-corrected chi connectivity index (χ3v) is 3.16. The van der Waals surface area contributed by atoms with Gasteiger partial charge in [0.05, 0.1) is 4.92 Å². The molecule has 0 fully saturated rings. The van der Waals surface area contributed by atoms with Crippen LogP contribution in [0.15, 0.2) is 18.2 Å². The minimum absolute atomic E-state index is 0.0547. The monoisotopic (exact) mass is 276 g/mol. The number of hydrogen-bond donors (Lipinski definition) is 1. The molecular weight excluding hydrogens is 260 g/mol. The van der Waals surface area contributed by atoms with E-state index in [9.17, 15) is 15.2 Å². The Morgan fingerprint density at radius 2 is 2.15 bits per heavy atom. The Labute approximate surface area is 116 Å². The number of nitro groups is 1. The van der Waals surface area contributed by atoms with Crippen LogP contribution in [0.3, 0.4) is 0 Å². The molecule has 0 radical (unpaired) electrons. The molecule has 20 heavy (non-hydrogen) atoms. The Morgan fingerprint density at radius 1 is 1.40 bits per heavy atom. The zero-order valence-electron chi connectivity index (χ0n) is 11.4. The van der Waals surface area contributed by atoms with Crippen LogP contribution in [0.1, 0.15) is 24.7 Å². The highest BCUT2D eigenvalue weighted by molar-refractivity contribution is 5.66. The first-order valence-corrected chi connectivity index (χ1v) is 6.37. The Morgan fingerprint density at radius 3 is 2.75 bits per heavy atom. The largest absolute Gasteiger partial charge is 0.388 e. The van der Waals surface area contributed by atoms with Gasteiger partial charge in [0, 0.05) is 23.7 Å². The van der Waals surface area contributed by atoms with Gasteiger partial charge in [-0.2, -0.15) is 0 Å². The molecule has 0 atom stereocenters. The van der Waals surface area contributed by atoms with Crippen molar-refractivity contribution in [2.24, 2.45) is 0 Å². The van der Waals surface area contributed by atoms with Crippen LogP contribution in [0.4, 0.5) is 5.69 Å². The topological polar surface area (TPSA) is 94.1 Å². The Bertz CT molecular complexity index is 637. The fourth-order valence-electron chi connectivity index (χ4n) is 2.17. The Hall–Kier alpha value is -2.28. The lowest BCUT2D eigenvalue weighted by molar-refractivity contribution is -0.385. The van der Waals surface area contributed by atoms with E-state index in [1.54, 1.807) is 23.6 Å². The molecule has 7 nitrogen and oxygen atoms in total. The average molecular weight is 276 g/mol. The molecule has 0 saturated heterocycles. The quantitative estimate of drug-likeness (QED) is 0.666. The van der Waals surface area contributed by atoms with Crippen molar-refractivity contribution in [2.45, 2.75) is 33.4 Å². The van der Waals surface area contributed by atoms with E-state index >= 15 is 0 Å². The normalized spacial score (nSPS) is 10.8. The average Bonchev–Trinajstić information content (AvgIpc) is 2.82. The molecule has 0 saturated carbocycles. The predicted octanol–water partition coefficient (Wildman–Crippen LogP) is 2.06. The molecule has 1 aromatic heterocycles. The molecule has 0 aliphatic heterocycles. The summed E-state index contributed by atoms with van der Waals surface area (Å²) in [6.07, 6.45) is 0.853. The second kappa shape index (κ2) is 5.79. The van der Waals surface area contributed by atoms with Gasteiger partial charge in [-0.05, 0) is 13.3 Å². The van der Waals surface area contributed by atoms with Crippen LogP contribution in [0.25, 0.3) is 11.4 Å². The van der Waals surface area contributed by atoms with Crippen molar-refractivity contribution in [3.8, 4) is 11.4 Å². The molecule has 2 aromatic rings. The second-order valence-corrected chi connectivity index (χ2v) is 4.46. The molecule has 0 bridgehead atoms. The molecule has 0 aliphatic carbocycles. The van der Waals surface area contributed by atoms with Gasteiger partial charge in [0.1, 0.15) is 6.61 Å². The van der Waals surface area contributed by atoms with Crippen molar-refractivity contribution in [2.75, 3.05) is 0 Å². The van der Waals surface area contributed by atoms with E-state index in [4.69, 9.17) is 0 Å². The van der Waals surface area contributed by atoms with Gasteiger partial charge in [0.2, 0.25) is 0 Å². The highest BCUT2D eigenvalue weighted by Gasteiger charge is 2.19. The van der Waals surface area contributed by atoms with E-state index in [2.05, 4.69) is 10.2 Å². The van der Waals surface area contributed by atoms with Gasteiger partial charge in [-0.1, -0.05) is 19.1 Å². The number of nitro benzene ring substituents is 1. The second-order valence-electron chi connectivity index (χ2n) is 4.46. The van der Waals surface area contributed by atoms with Gasteiger partial charge in [-0.15, -0.1) is 10.2 Å².